The predicted molar refractivity (Wildman–Crippen MR) is 104 cm³/mol. The van der Waals surface area contributed by atoms with Crippen LogP contribution in [0.15, 0.2) is 58.2 Å². The Morgan fingerprint density at radius 1 is 1.25 bits per heavy atom. The van der Waals surface area contributed by atoms with Crippen LogP contribution < -0.4 is 15.0 Å². The van der Waals surface area contributed by atoms with Crippen molar-refractivity contribution < 1.29 is 14.1 Å². The third kappa shape index (κ3) is 3.65. The highest BCUT2D eigenvalue weighted by Crippen LogP contribution is 2.19. The van der Waals surface area contributed by atoms with Crippen molar-refractivity contribution in [1.82, 2.24) is 20.1 Å². The summed E-state index contributed by atoms with van der Waals surface area (Å²) in [5, 5.41) is 8.05. The van der Waals surface area contributed by atoms with Gasteiger partial charge in [0.25, 0.3) is 5.91 Å². The topological polar surface area (TPSA) is 94.5 Å². The number of para-hydroxylation sites is 2. The summed E-state index contributed by atoms with van der Waals surface area (Å²) in [5.41, 5.74) is 4.03. The van der Waals surface area contributed by atoms with E-state index in [-0.39, 0.29) is 12.5 Å². The van der Waals surface area contributed by atoms with Crippen LogP contribution in [-0.2, 0) is 13.7 Å². The van der Waals surface area contributed by atoms with E-state index in [1.807, 2.05) is 35.9 Å². The summed E-state index contributed by atoms with van der Waals surface area (Å²) in [4.78, 5) is 17.4. The summed E-state index contributed by atoms with van der Waals surface area (Å²) in [6, 6.07) is 14.9. The summed E-state index contributed by atoms with van der Waals surface area (Å²) in [6.45, 7) is 1.80. The Bertz CT molecular complexity index is 1210. The minimum atomic E-state index is -0.364. The van der Waals surface area contributed by atoms with E-state index in [0.717, 1.165) is 10.2 Å². The fraction of sp³-hybridized carbons (Fsp3) is 0.158. The first kappa shape index (κ1) is 17.9. The van der Waals surface area contributed by atoms with Gasteiger partial charge in [0.05, 0.1) is 15.8 Å². The van der Waals surface area contributed by atoms with Gasteiger partial charge in [0.1, 0.15) is 5.75 Å². The van der Waals surface area contributed by atoms with Gasteiger partial charge >= 0.3 is 0 Å². The molecule has 0 saturated carbocycles. The van der Waals surface area contributed by atoms with Gasteiger partial charge in [-0.1, -0.05) is 40.8 Å². The number of nitrogens with one attached hydrogen (secondary N) is 1. The molecule has 0 aliphatic heterocycles. The lowest BCUT2D eigenvalue weighted by Crippen LogP contribution is -2.23. The quantitative estimate of drug-likeness (QED) is 0.525. The molecule has 142 valence electrons. The van der Waals surface area contributed by atoms with Crippen LogP contribution >= 0.6 is 11.3 Å². The van der Waals surface area contributed by atoms with Crippen molar-refractivity contribution >= 4 is 27.5 Å². The molecule has 28 heavy (non-hydrogen) atoms. The number of aromatic nitrogens is 3. The Kier molecular flexibility index (Phi) is 4.90. The largest absolute Gasteiger partial charge is 0.485 e. The molecule has 0 unspecified atom stereocenters. The molecule has 1 N–H and O–H groups in total. The number of hydrogen-bond acceptors (Lipinski definition) is 7. The van der Waals surface area contributed by atoms with Gasteiger partial charge in [-0.15, -0.1) is 5.10 Å². The molecule has 4 rings (SSSR count). The van der Waals surface area contributed by atoms with Gasteiger partial charge in [-0.25, -0.2) is 5.43 Å². The highest BCUT2D eigenvalue weighted by molar-refractivity contribution is 7.16. The van der Waals surface area contributed by atoms with Crippen molar-refractivity contribution in [2.75, 3.05) is 0 Å². The number of amides is 1. The van der Waals surface area contributed by atoms with Crippen molar-refractivity contribution in [3.8, 4) is 5.75 Å². The summed E-state index contributed by atoms with van der Waals surface area (Å²) in [6.07, 6.45) is 0. The van der Waals surface area contributed by atoms with Crippen molar-refractivity contribution in [1.29, 1.82) is 0 Å². The number of nitrogens with zero attached hydrogens (tertiary/aromatic N) is 4. The van der Waals surface area contributed by atoms with Crippen LogP contribution in [0.1, 0.15) is 22.1 Å². The monoisotopic (exact) mass is 395 g/mol. The molecule has 2 aromatic heterocycles. The number of ether oxygens (including phenoxy) is 1. The van der Waals surface area contributed by atoms with Gasteiger partial charge < -0.3 is 13.8 Å². The second kappa shape index (κ2) is 7.65. The Balaban J connectivity index is 1.54. The molecule has 0 fully saturated rings. The minimum absolute atomic E-state index is 0.101. The molecule has 0 radical (unpaired) electrons. The molecule has 4 aromatic rings. The van der Waals surface area contributed by atoms with Gasteiger partial charge in [-0.3, -0.25) is 4.79 Å². The van der Waals surface area contributed by atoms with E-state index in [2.05, 4.69) is 20.7 Å². The fourth-order valence-corrected chi connectivity index (χ4v) is 3.65. The summed E-state index contributed by atoms with van der Waals surface area (Å²) < 4.78 is 13.6. The minimum Gasteiger partial charge on any atom is -0.485 e. The summed E-state index contributed by atoms with van der Waals surface area (Å²) in [7, 11) is 1.91. The van der Waals surface area contributed by atoms with Crippen LogP contribution in [0.3, 0.4) is 0 Å². The van der Waals surface area contributed by atoms with E-state index in [9.17, 15) is 4.79 Å². The molecule has 8 nitrogen and oxygen atoms in total. The highest BCUT2D eigenvalue weighted by atomic mass is 32.1. The van der Waals surface area contributed by atoms with Crippen molar-refractivity contribution in [3.05, 3.63) is 70.6 Å². The van der Waals surface area contributed by atoms with E-state index in [1.165, 1.54) is 11.3 Å². The van der Waals surface area contributed by atoms with Gasteiger partial charge in [-0.05, 0) is 24.3 Å². The number of hydrogen-bond donors (Lipinski definition) is 1. The Morgan fingerprint density at radius 2 is 2.04 bits per heavy atom. The van der Waals surface area contributed by atoms with Crippen molar-refractivity contribution in [2.24, 2.45) is 12.1 Å². The standard InChI is InChI=1S/C19H17N5O3S/c1-12-20-17(23-27-12)11-26-15-9-5-3-7-13(15)18(25)21-22-19-24(2)14-8-4-6-10-16(14)28-19/h3-10H,11H2,1-2H3,(H,21,25)/b22-19-. The third-order valence-electron chi connectivity index (χ3n) is 4.03. The first-order chi connectivity index (χ1) is 13.6. The molecule has 0 aliphatic rings. The first-order valence-corrected chi connectivity index (χ1v) is 9.33. The molecular formula is C19H17N5O3S. The SMILES string of the molecule is Cc1nc(COc2ccccc2C(=O)N/N=c2\sc3ccccc3n2C)no1. The summed E-state index contributed by atoms with van der Waals surface area (Å²) >= 11 is 1.50. The molecule has 0 bridgehead atoms. The zero-order chi connectivity index (χ0) is 19.5. The summed E-state index contributed by atoms with van der Waals surface area (Å²) in [5.74, 6) is 0.921. The van der Waals surface area contributed by atoms with Crippen molar-refractivity contribution in [3.63, 3.8) is 0 Å². The second-order valence-corrected chi connectivity index (χ2v) is 6.99. The number of rotatable bonds is 5. The van der Waals surface area contributed by atoms with Crippen LogP contribution in [0, 0.1) is 6.92 Å². The maximum absolute atomic E-state index is 12.6. The highest BCUT2D eigenvalue weighted by Gasteiger charge is 2.13. The second-order valence-electron chi connectivity index (χ2n) is 5.98. The number of carbonyl (C=O) groups is 1. The van der Waals surface area contributed by atoms with E-state index < -0.39 is 0 Å². The Morgan fingerprint density at radius 3 is 2.82 bits per heavy atom. The maximum Gasteiger partial charge on any atom is 0.275 e. The Labute approximate surface area is 164 Å². The van der Waals surface area contributed by atoms with E-state index in [1.54, 1.807) is 31.2 Å². The van der Waals surface area contributed by atoms with Crippen LogP contribution in [0.5, 0.6) is 5.75 Å². The molecule has 0 atom stereocenters. The molecular weight excluding hydrogens is 378 g/mol. The number of fused-ring (bicyclic) bond motifs is 1. The average molecular weight is 395 g/mol. The van der Waals surface area contributed by atoms with Gasteiger partial charge in [0.2, 0.25) is 16.5 Å². The van der Waals surface area contributed by atoms with Crippen molar-refractivity contribution in [2.45, 2.75) is 13.5 Å². The van der Waals surface area contributed by atoms with Gasteiger partial charge in [0, 0.05) is 14.0 Å². The smallest absolute Gasteiger partial charge is 0.275 e. The van der Waals surface area contributed by atoms with E-state index in [0.29, 0.717) is 27.8 Å². The molecule has 2 aromatic carbocycles. The zero-order valence-corrected chi connectivity index (χ0v) is 16.1. The molecule has 1 amide bonds. The lowest BCUT2D eigenvalue weighted by Gasteiger charge is -2.08. The fourth-order valence-electron chi connectivity index (χ4n) is 2.67. The van der Waals surface area contributed by atoms with E-state index in [4.69, 9.17) is 9.26 Å². The number of carbonyl (C=O) groups excluding carboxylic acids is 1. The molecule has 0 saturated heterocycles. The van der Waals surface area contributed by atoms with Crippen LogP contribution in [0.4, 0.5) is 0 Å². The first-order valence-electron chi connectivity index (χ1n) is 8.51. The normalized spacial score (nSPS) is 11.7. The van der Waals surface area contributed by atoms with Gasteiger partial charge in [-0.2, -0.15) is 4.98 Å². The molecule has 0 aliphatic carbocycles. The van der Waals surface area contributed by atoms with Gasteiger partial charge in [0.15, 0.2) is 6.61 Å². The molecule has 9 heteroatoms. The number of benzene rings is 2. The van der Waals surface area contributed by atoms with Crippen LogP contribution in [0.2, 0.25) is 0 Å². The van der Waals surface area contributed by atoms with E-state index >= 15 is 0 Å². The lowest BCUT2D eigenvalue weighted by molar-refractivity contribution is 0.0948. The van der Waals surface area contributed by atoms with Crippen LogP contribution in [0.25, 0.3) is 10.2 Å². The molecule has 0 spiro atoms. The maximum atomic E-state index is 12.6. The predicted octanol–water partition coefficient (Wildman–Crippen LogP) is 2.76. The Hall–Kier alpha value is -3.46. The average Bonchev–Trinajstić information content (AvgIpc) is 3.28. The number of aryl methyl sites for hydroxylation is 2. The number of thiazole rings is 1. The lowest BCUT2D eigenvalue weighted by atomic mass is 10.2. The molecule has 2 heterocycles. The third-order valence-corrected chi connectivity index (χ3v) is 5.14. The zero-order valence-electron chi connectivity index (χ0n) is 15.2. The van der Waals surface area contributed by atoms with Crippen LogP contribution in [-0.4, -0.2) is 20.6 Å².